The Hall–Kier alpha value is -4.61. The number of aromatic nitrogens is 1. The molecule has 65 heavy (non-hydrogen) atoms. The molecule has 3 aromatic rings. The van der Waals surface area contributed by atoms with E-state index in [4.69, 9.17) is 23.7 Å². The number of aldehydes is 1. The number of hydrogen-bond acceptors (Lipinski definition) is 14. The van der Waals surface area contributed by atoms with E-state index in [1.165, 1.54) is 0 Å². The molecule has 0 amide bonds. The highest BCUT2D eigenvalue weighted by Crippen LogP contribution is 2.59. The molecule has 0 spiro atoms. The number of aliphatic hydroxyl groups is 5. The van der Waals surface area contributed by atoms with Crippen LogP contribution in [0.1, 0.15) is 106 Å². The molecule has 0 bridgehead atoms. The van der Waals surface area contributed by atoms with E-state index in [1.54, 1.807) is 14.0 Å². The Morgan fingerprint density at radius 1 is 1.05 bits per heavy atom. The van der Waals surface area contributed by atoms with Gasteiger partial charge in [-0.2, -0.15) is 0 Å². The number of nitrogens with zero attached hydrogens (tertiary/aromatic N) is 1. The molecule has 7 atom stereocenters. The van der Waals surface area contributed by atoms with Crippen LogP contribution in [0.15, 0.2) is 47.4 Å². The summed E-state index contributed by atoms with van der Waals surface area (Å²) in [5.74, 6) is -4.50. The van der Waals surface area contributed by atoms with E-state index in [-0.39, 0.29) is 95.9 Å². The summed E-state index contributed by atoms with van der Waals surface area (Å²) in [7, 11) is 1.71. The quantitative estimate of drug-likeness (QED) is 0.0590. The van der Waals surface area contributed by atoms with Gasteiger partial charge in [0.15, 0.2) is 12.1 Å². The first kappa shape index (κ1) is 45.5. The summed E-state index contributed by atoms with van der Waals surface area (Å²) >= 11 is 0. The van der Waals surface area contributed by atoms with Crippen molar-refractivity contribution in [1.82, 2.24) is 9.88 Å². The summed E-state index contributed by atoms with van der Waals surface area (Å²) in [6, 6.07) is 7.61. The van der Waals surface area contributed by atoms with Crippen LogP contribution in [-0.4, -0.2) is 124 Å². The van der Waals surface area contributed by atoms with Crippen molar-refractivity contribution >= 4 is 34.5 Å². The molecule has 4 heterocycles. The number of hydrogen-bond donors (Lipinski definition) is 6. The second kappa shape index (κ2) is 18.6. The predicted octanol–water partition coefficient (Wildman–Crippen LogP) is 4.77. The lowest BCUT2D eigenvalue weighted by Crippen LogP contribution is -2.59. The van der Waals surface area contributed by atoms with Crippen LogP contribution in [0, 0.1) is 17.8 Å². The summed E-state index contributed by atoms with van der Waals surface area (Å²) in [6.07, 6.45) is 6.08. The van der Waals surface area contributed by atoms with Crippen molar-refractivity contribution < 1.29 is 63.6 Å². The first-order valence-electron chi connectivity index (χ1n) is 23.4. The maximum atomic E-state index is 14.2. The normalized spacial score (nSPS) is 30.0. The van der Waals surface area contributed by atoms with E-state index in [0.29, 0.717) is 43.3 Å². The highest BCUT2D eigenvalue weighted by Gasteiger charge is 2.55. The number of carbonyl (C=O) groups is 3. The molecule has 0 radical (unpaired) electrons. The molecule has 6 aliphatic rings. The number of nitrogens with one attached hydrogen (secondary N) is 1. The van der Waals surface area contributed by atoms with Crippen molar-refractivity contribution in [2.75, 3.05) is 46.6 Å². The maximum Gasteiger partial charge on any atom is 0.375 e. The number of piperidine rings is 1. The average molecular weight is 899 g/mol. The zero-order valence-electron chi connectivity index (χ0n) is 37.3. The van der Waals surface area contributed by atoms with Crippen LogP contribution in [0.4, 0.5) is 0 Å². The number of aliphatic hydroxyl groups excluding tert-OH is 2. The molecule has 1 aromatic heterocycles. The number of Topliss-reactive ketones (excluding diaryl/α,β-unsaturated/α-hetero) is 1. The van der Waals surface area contributed by atoms with Crippen molar-refractivity contribution in [3.8, 4) is 17.2 Å². The van der Waals surface area contributed by atoms with Gasteiger partial charge in [0.1, 0.15) is 40.8 Å². The summed E-state index contributed by atoms with van der Waals surface area (Å²) in [4.78, 5) is 47.4. The molecule has 6 N–H and O–H groups in total. The van der Waals surface area contributed by atoms with Crippen LogP contribution >= 0.6 is 0 Å². The smallest absolute Gasteiger partial charge is 0.375 e. The number of likely N-dealkylation sites (tertiary alicyclic amines) is 1. The van der Waals surface area contributed by atoms with Gasteiger partial charge in [0.25, 0.3) is 0 Å². The van der Waals surface area contributed by atoms with E-state index in [2.05, 4.69) is 9.88 Å². The van der Waals surface area contributed by atoms with Gasteiger partial charge in [0, 0.05) is 80.8 Å². The molecular weight excluding hydrogens is 837 g/mol. The van der Waals surface area contributed by atoms with Crippen molar-refractivity contribution in [2.24, 2.45) is 17.8 Å². The number of methoxy groups -OCH3 is 1. The fraction of sp³-hybridized carbons (Fsp3) is 0.580. The Bertz CT molecular complexity index is 2380. The van der Waals surface area contributed by atoms with Gasteiger partial charge in [-0.15, -0.1) is 0 Å². The number of ether oxygens (including phenoxy) is 5. The third-order valence-electron chi connectivity index (χ3n) is 15.1. The Morgan fingerprint density at radius 2 is 1.88 bits per heavy atom. The van der Waals surface area contributed by atoms with E-state index in [1.807, 2.05) is 30.5 Å². The van der Waals surface area contributed by atoms with Crippen LogP contribution in [0.3, 0.4) is 0 Å². The number of ketones is 1. The van der Waals surface area contributed by atoms with Crippen LogP contribution in [-0.2, 0) is 36.9 Å². The summed E-state index contributed by atoms with van der Waals surface area (Å²) < 4.78 is 31.1. The molecule has 15 nitrogen and oxygen atoms in total. The van der Waals surface area contributed by atoms with E-state index in [0.717, 1.165) is 61.8 Å². The van der Waals surface area contributed by atoms with Crippen LogP contribution < -0.4 is 14.2 Å². The number of allylic oxidation sites excluding steroid dienone is 3. The molecule has 3 aliphatic carbocycles. The lowest BCUT2D eigenvalue weighted by molar-refractivity contribution is -0.196. The Kier molecular flexibility index (Phi) is 13.0. The molecule has 350 valence electrons. The SMILES string of the molecule is CCOC(=O)C1=C(C=O)/C(=C2\C[C@H](CO)C(=O)[C@@H](c3ccc4[nH]ccc4c3)C2)c2c(c(CO)c3c(c2O[C@@H]2CCCC(O)(O)C2)C[C@@H]([C@@]2(O)CCC[C@H]4CN(CCCOC)CC[C@@H]42)O3)O1. The highest BCUT2D eigenvalue weighted by atomic mass is 16.6. The van der Waals surface area contributed by atoms with Crippen LogP contribution in [0.25, 0.3) is 16.5 Å². The zero-order valence-corrected chi connectivity index (χ0v) is 37.3. The highest BCUT2D eigenvalue weighted by molar-refractivity contribution is 6.11. The standard InChI is InChI=1S/C50H62N2O13/c1-3-62-48(57)47-36(26-54)41(31-20-32(25-53)43(56)34(21-31)28-9-10-39-29(19-28)11-15-51-39)42-45(63-33-8-5-13-49(58,59)23-33)35-22-40(64-44(35)37(27-55)46(42)65-47)50(60)14-4-7-30-24-52(16-6-18-61-2)17-12-38(30)50/h9-11,15,19,26,30,32-34,38,40,51,53,55,58-60H,3-8,12-14,16-18,20-25,27H2,1-2H3/b41-31-/t30-,32+,33+,34+,38-,40-,50+/m0/s1. The van der Waals surface area contributed by atoms with Gasteiger partial charge in [-0.25, -0.2) is 4.79 Å². The van der Waals surface area contributed by atoms with E-state index < -0.39 is 60.4 Å². The summed E-state index contributed by atoms with van der Waals surface area (Å²) in [6.45, 7) is 3.77. The van der Waals surface area contributed by atoms with E-state index in [9.17, 15) is 39.9 Å². The number of aromatic amines is 1. The van der Waals surface area contributed by atoms with Gasteiger partial charge >= 0.3 is 5.97 Å². The average Bonchev–Trinajstić information content (AvgIpc) is 3.97. The minimum absolute atomic E-state index is 0.00580. The predicted molar refractivity (Wildman–Crippen MR) is 237 cm³/mol. The van der Waals surface area contributed by atoms with Crippen molar-refractivity contribution in [2.45, 2.75) is 120 Å². The number of benzene rings is 2. The number of fused-ring (bicyclic) bond motifs is 4. The molecule has 3 aliphatic heterocycles. The Labute approximate surface area is 378 Å². The van der Waals surface area contributed by atoms with Gasteiger partial charge in [-0.05, 0) is 106 Å². The first-order chi connectivity index (χ1) is 31.4. The van der Waals surface area contributed by atoms with Crippen molar-refractivity contribution in [1.29, 1.82) is 0 Å². The number of rotatable bonds is 13. The maximum absolute atomic E-state index is 14.2. The van der Waals surface area contributed by atoms with Crippen molar-refractivity contribution in [3.63, 3.8) is 0 Å². The second-order valence-electron chi connectivity index (χ2n) is 19.0. The third-order valence-corrected chi connectivity index (χ3v) is 15.1. The Balaban J connectivity index is 1.21. The minimum Gasteiger partial charge on any atom is -0.489 e. The van der Waals surface area contributed by atoms with Crippen LogP contribution in [0.2, 0.25) is 0 Å². The second-order valence-corrected chi connectivity index (χ2v) is 19.0. The van der Waals surface area contributed by atoms with Gasteiger partial charge in [0.05, 0.1) is 36.5 Å². The number of esters is 1. The number of H-pyrrole nitrogens is 1. The van der Waals surface area contributed by atoms with Crippen molar-refractivity contribution in [3.05, 3.63) is 69.6 Å². The van der Waals surface area contributed by atoms with Gasteiger partial charge < -0.3 is 59.1 Å². The van der Waals surface area contributed by atoms with E-state index >= 15 is 0 Å². The first-order valence-corrected chi connectivity index (χ1v) is 23.4. The molecule has 3 saturated carbocycles. The molecule has 0 unspecified atom stereocenters. The topological polar surface area (TPSA) is 218 Å². The lowest BCUT2D eigenvalue weighted by atomic mass is 9.63. The molecular formula is C50H62N2O13. The van der Waals surface area contributed by atoms with Gasteiger partial charge in [-0.3, -0.25) is 9.59 Å². The molecule has 4 fully saturated rings. The lowest BCUT2D eigenvalue weighted by Gasteiger charge is -2.51. The fourth-order valence-electron chi connectivity index (χ4n) is 12.0. The fourth-order valence-corrected chi connectivity index (χ4v) is 12.0. The summed E-state index contributed by atoms with van der Waals surface area (Å²) in [5, 5.41) is 57.9. The molecule has 2 aromatic carbocycles. The van der Waals surface area contributed by atoms with Gasteiger partial charge in [0.2, 0.25) is 5.76 Å². The molecule has 9 rings (SSSR count). The largest absolute Gasteiger partial charge is 0.489 e. The zero-order chi connectivity index (χ0) is 45.6. The Morgan fingerprint density at radius 3 is 2.63 bits per heavy atom. The molecule has 1 saturated heterocycles. The van der Waals surface area contributed by atoms with Gasteiger partial charge in [-0.1, -0.05) is 18.1 Å². The summed E-state index contributed by atoms with van der Waals surface area (Å²) in [5.41, 5.74) is 1.99. The monoisotopic (exact) mass is 898 g/mol. The van der Waals surface area contributed by atoms with Crippen LogP contribution in [0.5, 0.6) is 17.2 Å². The minimum atomic E-state index is -2.00. The molecule has 15 heteroatoms. The number of carbonyl (C=O) groups excluding carboxylic acids is 3. The third kappa shape index (κ3) is 8.42.